The highest BCUT2D eigenvalue weighted by atomic mass is 32.2. The highest BCUT2D eigenvalue weighted by molar-refractivity contribution is 7.91. The summed E-state index contributed by atoms with van der Waals surface area (Å²) in [5.41, 5.74) is 0.975. The van der Waals surface area contributed by atoms with E-state index in [4.69, 9.17) is 4.18 Å². The fourth-order valence-corrected chi connectivity index (χ4v) is 4.20. The molecule has 2 rings (SSSR count). The first kappa shape index (κ1) is 16.4. The lowest BCUT2D eigenvalue weighted by molar-refractivity contribution is 0.223. The molecule has 0 saturated carbocycles. The summed E-state index contributed by atoms with van der Waals surface area (Å²) in [7, 11) is -6.66. The number of nitrogens with zero attached hydrogens (tertiary/aromatic N) is 1. The van der Waals surface area contributed by atoms with Gasteiger partial charge in [-0.05, 0) is 19.1 Å². The summed E-state index contributed by atoms with van der Waals surface area (Å²) < 4.78 is 51.5. The molecule has 0 aliphatic carbocycles. The first-order valence-electron chi connectivity index (χ1n) is 6.67. The van der Waals surface area contributed by atoms with E-state index >= 15 is 0 Å². The second-order valence-electron chi connectivity index (χ2n) is 5.08. The molecular weight excluding hydrogens is 314 g/mol. The highest BCUT2D eigenvalue weighted by Gasteiger charge is 2.22. The zero-order valence-electron chi connectivity index (χ0n) is 11.9. The van der Waals surface area contributed by atoms with Crippen LogP contribution in [0.5, 0.6) is 0 Å². The van der Waals surface area contributed by atoms with Gasteiger partial charge in [0.2, 0.25) is 0 Å². The quantitative estimate of drug-likeness (QED) is 0.727. The van der Waals surface area contributed by atoms with Crippen molar-refractivity contribution in [1.29, 1.82) is 0 Å². The lowest BCUT2D eigenvalue weighted by Crippen LogP contribution is -2.41. The zero-order chi connectivity index (χ0) is 15.5. The molecule has 8 heteroatoms. The molecule has 0 radical (unpaired) electrons. The van der Waals surface area contributed by atoms with E-state index in [0.29, 0.717) is 19.6 Å². The lowest BCUT2D eigenvalue weighted by atomic mass is 10.2. The summed E-state index contributed by atoms with van der Waals surface area (Å²) in [4.78, 5) is 2.03. The number of rotatable bonds is 5. The zero-order valence-corrected chi connectivity index (χ0v) is 13.5. The molecule has 1 aromatic carbocycles. The van der Waals surface area contributed by atoms with Crippen LogP contribution in [0.1, 0.15) is 5.56 Å². The Balaban J connectivity index is 1.84. The Morgan fingerprint density at radius 2 is 1.71 bits per heavy atom. The van der Waals surface area contributed by atoms with Gasteiger partial charge in [0.15, 0.2) is 9.84 Å². The molecule has 1 saturated heterocycles. The molecule has 1 aromatic rings. The van der Waals surface area contributed by atoms with Crippen LogP contribution in [-0.4, -0.2) is 59.5 Å². The monoisotopic (exact) mass is 333 g/mol. The summed E-state index contributed by atoms with van der Waals surface area (Å²) in [6.07, 6.45) is 0. The van der Waals surface area contributed by atoms with E-state index in [2.05, 4.69) is 0 Å². The van der Waals surface area contributed by atoms with Crippen LogP contribution in [0.15, 0.2) is 29.2 Å². The van der Waals surface area contributed by atoms with Crippen molar-refractivity contribution in [3.05, 3.63) is 29.8 Å². The lowest BCUT2D eigenvalue weighted by Gasteiger charge is -2.25. The van der Waals surface area contributed by atoms with Gasteiger partial charge in [-0.2, -0.15) is 8.42 Å². The summed E-state index contributed by atoms with van der Waals surface area (Å²) in [6.45, 7) is 3.16. The average Bonchev–Trinajstić information content (AvgIpc) is 2.41. The molecule has 6 nitrogen and oxygen atoms in total. The smallest absolute Gasteiger partial charge is 0.297 e. The van der Waals surface area contributed by atoms with Crippen LogP contribution in [0.4, 0.5) is 0 Å². The van der Waals surface area contributed by atoms with Crippen LogP contribution < -0.4 is 0 Å². The molecule has 0 unspecified atom stereocenters. The minimum Gasteiger partial charge on any atom is -0.299 e. The largest absolute Gasteiger partial charge is 0.299 e. The Hall–Kier alpha value is -0.960. The average molecular weight is 333 g/mol. The van der Waals surface area contributed by atoms with Gasteiger partial charge in [-0.1, -0.05) is 17.7 Å². The Labute approximate surface area is 125 Å². The van der Waals surface area contributed by atoms with Gasteiger partial charge in [-0.25, -0.2) is 8.42 Å². The maximum atomic E-state index is 12.0. The molecular formula is C13H19NO5S2. The van der Waals surface area contributed by atoms with Crippen molar-refractivity contribution in [2.24, 2.45) is 0 Å². The number of aryl methyl sites for hydroxylation is 1. The minimum absolute atomic E-state index is 0.0241. The predicted octanol–water partition coefficient (Wildman–Crippen LogP) is 0.431. The first-order valence-corrected chi connectivity index (χ1v) is 9.90. The predicted molar refractivity (Wildman–Crippen MR) is 79.4 cm³/mol. The van der Waals surface area contributed by atoms with Crippen LogP contribution in [0, 0.1) is 6.92 Å². The Morgan fingerprint density at radius 3 is 2.29 bits per heavy atom. The van der Waals surface area contributed by atoms with Crippen molar-refractivity contribution in [3.63, 3.8) is 0 Å². The van der Waals surface area contributed by atoms with Gasteiger partial charge in [0, 0.05) is 19.6 Å². The molecule has 1 heterocycles. The number of hydrogen-bond acceptors (Lipinski definition) is 6. The third kappa shape index (κ3) is 4.77. The van der Waals surface area contributed by atoms with E-state index < -0.39 is 20.0 Å². The number of benzene rings is 1. The summed E-state index contributed by atoms with van der Waals surface area (Å²) >= 11 is 0. The van der Waals surface area contributed by atoms with Crippen molar-refractivity contribution in [2.45, 2.75) is 11.8 Å². The fourth-order valence-electron chi connectivity index (χ4n) is 2.02. The SMILES string of the molecule is Cc1ccc(S(=O)(=O)OCCN2CCS(=O)(=O)CC2)cc1. The van der Waals surface area contributed by atoms with Gasteiger partial charge < -0.3 is 0 Å². The van der Waals surface area contributed by atoms with Crippen molar-refractivity contribution in [1.82, 2.24) is 4.90 Å². The Morgan fingerprint density at radius 1 is 1.14 bits per heavy atom. The second-order valence-corrected chi connectivity index (χ2v) is 9.00. The molecule has 1 aliphatic rings. The molecule has 0 spiro atoms. The molecule has 1 fully saturated rings. The molecule has 21 heavy (non-hydrogen) atoms. The number of sulfone groups is 1. The summed E-state index contributed by atoms with van der Waals surface area (Å²) in [5, 5.41) is 0. The maximum absolute atomic E-state index is 12.0. The van der Waals surface area contributed by atoms with E-state index in [-0.39, 0.29) is 23.0 Å². The Bertz CT molecular complexity index is 666. The normalized spacial score (nSPS) is 19.5. The van der Waals surface area contributed by atoms with E-state index in [0.717, 1.165) is 5.56 Å². The fraction of sp³-hybridized carbons (Fsp3) is 0.538. The first-order chi connectivity index (χ1) is 9.78. The van der Waals surface area contributed by atoms with E-state index in [1.54, 1.807) is 12.1 Å². The van der Waals surface area contributed by atoms with Crippen LogP contribution >= 0.6 is 0 Å². The van der Waals surface area contributed by atoms with E-state index in [9.17, 15) is 16.8 Å². The van der Waals surface area contributed by atoms with Gasteiger partial charge in [-0.3, -0.25) is 9.08 Å². The Kier molecular flexibility index (Phi) is 5.03. The molecule has 1 aliphatic heterocycles. The summed E-state index contributed by atoms with van der Waals surface area (Å²) in [5.74, 6) is 0.245. The van der Waals surface area contributed by atoms with E-state index in [1.165, 1.54) is 12.1 Å². The highest BCUT2D eigenvalue weighted by Crippen LogP contribution is 2.13. The topological polar surface area (TPSA) is 80.8 Å². The van der Waals surface area contributed by atoms with Crippen LogP contribution in [0.3, 0.4) is 0 Å². The second kappa shape index (κ2) is 6.43. The molecule has 0 aromatic heterocycles. The van der Waals surface area contributed by atoms with Crippen molar-refractivity contribution in [3.8, 4) is 0 Å². The third-order valence-corrected chi connectivity index (χ3v) is 6.33. The number of hydrogen-bond donors (Lipinski definition) is 0. The molecule has 118 valence electrons. The molecule has 0 bridgehead atoms. The minimum atomic E-state index is -3.75. The van der Waals surface area contributed by atoms with Crippen molar-refractivity contribution in [2.75, 3.05) is 37.7 Å². The van der Waals surface area contributed by atoms with Crippen molar-refractivity contribution >= 4 is 20.0 Å². The van der Waals surface area contributed by atoms with Crippen LogP contribution in [0.2, 0.25) is 0 Å². The molecule has 0 amide bonds. The van der Waals surface area contributed by atoms with Crippen LogP contribution in [-0.2, 0) is 24.1 Å². The van der Waals surface area contributed by atoms with Gasteiger partial charge >= 0.3 is 0 Å². The van der Waals surface area contributed by atoms with E-state index in [1.807, 2.05) is 11.8 Å². The van der Waals surface area contributed by atoms with Gasteiger partial charge in [0.25, 0.3) is 10.1 Å². The maximum Gasteiger partial charge on any atom is 0.297 e. The molecule has 0 atom stereocenters. The molecule has 0 N–H and O–H groups in total. The van der Waals surface area contributed by atoms with Gasteiger partial charge in [0.05, 0.1) is 23.0 Å². The third-order valence-electron chi connectivity index (χ3n) is 3.39. The standard InChI is InChI=1S/C13H19NO5S2/c1-12-2-4-13(5-3-12)21(17,18)19-9-6-14-7-10-20(15,16)11-8-14/h2-5H,6-11H2,1H3. The summed E-state index contributed by atoms with van der Waals surface area (Å²) in [6, 6.07) is 6.45. The van der Waals surface area contributed by atoms with Crippen LogP contribution in [0.25, 0.3) is 0 Å². The van der Waals surface area contributed by atoms with Crippen molar-refractivity contribution < 1.29 is 21.0 Å². The van der Waals surface area contributed by atoms with Gasteiger partial charge in [-0.15, -0.1) is 0 Å². The van der Waals surface area contributed by atoms with Gasteiger partial charge in [0.1, 0.15) is 0 Å².